The molecule has 0 saturated carbocycles. The second-order valence-electron chi connectivity index (χ2n) is 6.13. The largest absolute Gasteiger partial charge is 0.379 e. The van der Waals surface area contributed by atoms with E-state index in [1.54, 1.807) is 7.11 Å². The number of ether oxygens (including phenoxy) is 1. The van der Waals surface area contributed by atoms with Crippen LogP contribution in [0.25, 0.3) is 0 Å². The van der Waals surface area contributed by atoms with Crippen molar-refractivity contribution in [2.24, 2.45) is 0 Å². The standard InChI is InChI=1S/C17H30N2O/c1-15(14-17(2,3)20-5)18-12-9-13-19(4)16-10-7-6-8-11-16/h6-8,10-11,15,18H,9,12-14H2,1-5H3. The molecular weight excluding hydrogens is 248 g/mol. The van der Waals surface area contributed by atoms with E-state index in [1.807, 2.05) is 0 Å². The van der Waals surface area contributed by atoms with Gasteiger partial charge in [-0.2, -0.15) is 0 Å². The molecule has 1 atom stereocenters. The molecule has 0 amide bonds. The van der Waals surface area contributed by atoms with Crippen molar-refractivity contribution in [2.45, 2.75) is 45.3 Å². The first kappa shape index (κ1) is 17.0. The van der Waals surface area contributed by atoms with Crippen LogP contribution in [0.3, 0.4) is 0 Å². The Bertz CT molecular complexity index is 365. The lowest BCUT2D eigenvalue weighted by Crippen LogP contribution is -2.36. The fourth-order valence-electron chi connectivity index (χ4n) is 2.37. The zero-order chi connectivity index (χ0) is 15.0. The van der Waals surface area contributed by atoms with Gasteiger partial charge in [-0.15, -0.1) is 0 Å². The molecule has 1 aromatic carbocycles. The number of hydrogen-bond acceptors (Lipinski definition) is 3. The minimum absolute atomic E-state index is 0.0484. The van der Waals surface area contributed by atoms with Crippen molar-refractivity contribution >= 4 is 5.69 Å². The highest BCUT2D eigenvalue weighted by Gasteiger charge is 2.19. The first-order valence-corrected chi connectivity index (χ1v) is 7.49. The van der Waals surface area contributed by atoms with Crippen molar-refractivity contribution in [3.05, 3.63) is 30.3 Å². The second-order valence-corrected chi connectivity index (χ2v) is 6.13. The Labute approximate surface area is 124 Å². The molecule has 0 radical (unpaired) electrons. The number of nitrogens with zero attached hydrogens (tertiary/aromatic N) is 1. The Morgan fingerprint density at radius 1 is 1.25 bits per heavy atom. The molecule has 0 saturated heterocycles. The summed E-state index contributed by atoms with van der Waals surface area (Å²) in [6.07, 6.45) is 2.17. The van der Waals surface area contributed by atoms with Crippen LogP contribution in [0.15, 0.2) is 30.3 Å². The normalized spacial score (nSPS) is 13.2. The van der Waals surface area contributed by atoms with E-state index >= 15 is 0 Å². The monoisotopic (exact) mass is 278 g/mol. The molecule has 0 fully saturated rings. The van der Waals surface area contributed by atoms with Gasteiger partial charge in [0.05, 0.1) is 5.60 Å². The van der Waals surface area contributed by atoms with Crippen LogP contribution in [0.1, 0.15) is 33.6 Å². The van der Waals surface area contributed by atoms with Crippen LogP contribution in [-0.2, 0) is 4.74 Å². The number of methoxy groups -OCH3 is 1. The maximum atomic E-state index is 5.46. The molecule has 1 N–H and O–H groups in total. The first-order valence-electron chi connectivity index (χ1n) is 7.49. The van der Waals surface area contributed by atoms with E-state index in [1.165, 1.54) is 5.69 Å². The van der Waals surface area contributed by atoms with E-state index in [0.717, 1.165) is 25.9 Å². The van der Waals surface area contributed by atoms with Crippen LogP contribution < -0.4 is 10.2 Å². The van der Waals surface area contributed by atoms with Crippen LogP contribution in [-0.4, -0.2) is 38.9 Å². The molecular formula is C17H30N2O. The van der Waals surface area contributed by atoms with Gasteiger partial charge in [0.25, 0.3) is 0 Å². The van der Waals surface area contributed by atoms with Crippen LogP contribution in [0.4, 0.5) is 5.69 Å². The maximum absolute atomic E-state index is 5.46. The Hall–Kier alpha value is -1.06. The summed E-state index contributed by atoms with van der Waals surface area (Å²) in [4.78, 5) is 2.30. The molecule has 0 aliphatic carbocycles. The summed E-state index contributed by atoms with van der Waals surface area (Å²) < 4.78 is 5.46. The van der Waals surface area contributed by atoms with Crippen molar-refractivity contribution in [3.63, 3.8) is 0 Å². The minimum atomic E-state index is -0.0484. The molecule has 20 heavy (non-hydrogen) atoms. The van der Waals surface area contributed by atoms with E-state index in [0.29, 0.717) is 6.04 Å². The van der Waals surface area contributed by atoms with Crippen molar-refractivity contribution in [1.29, 1.82) is 0 Å². The number of benzene rings is 1. The van der Waals surface area contributed by atoms with Gasteiger partial charge >= 0.3 is 0 Å². The maximum Gasteiger partial charge on any atom is 0.0637 e. The van der Waals surface area contributed by atoms with Gasteiger partial charge < -0.3 is 15.0 Å². The third-order valence-electron chi connectivity index (χ3n) is 3.71. The summed E-state index contributed by atoms with van der Waals surface area (Å²) in [5.41, 5.74) is 1.23. The molecule has 114 valence electrons. The Balaban J connectivity index is 2.19. The molecule has 3 heteroatoms. The number of para-hydroxylation sites is 1. The molecule has 3 nitrogen and oxygen atoms in total. The Kier molecular flexibility index (Phi) is 7.03. The Morgan fingerprint density at radius 2 is 1.90 bits per heavy atom. The van der Waals surface area contributed by atoms with E-state index in [-0.39, 0.29) is 5.60 Å². The van der Waals surface area contributed by atoms with Crippen LogP contribution in [0.2, 0.25) is 0 Å². The van der Waals surface area contributed by atoms with Gasteiger partial charge in [0.15, 0.2) is 0 Å². The summed E-state index contributed by atoms with van der Waals surface area (Å²) in [5.74, 6) is 0. The van der Waals surface area contributed by atoms with Crippen molar-refractivity contribution in [1.82, 2.24) is 5.32 Å². The number of nitrogens with one attached hydrogen (secondary N) is 1. The molecule has 0 spiro atoms. The third-order valence-corrected chi connectivity index (χ3v) is 3.71. The van der Waals surface area contributed by atoms with Crippen molar-refractivity contribution in [2.75, 3.05) is 32.1 Å². The zero-order valence-corrected chi connectivity index (χ0v) is 13.6. The molecule has 0 heterocycles. The van der Waals surface area contributed by atoms with Crippen LogP contribution in [0.5, 0.6) is 0 Å². The topological polar surface area (TPSA) is 24.5 Å². The zero-order valence-electron chi connectivity index (χ0n) is 13.6. The fraction of sp³-hybridized carbons (Fsp3) is 0.647. The molecule has 0 aliphatic heterocycles. The Morgan fingerprint density at radius 3 is 2.50 bits per heavy atom. The van der Waals surface area contributed by atoms with Gasteiger partial charge in [0, 0.05) is 32.4 Å². The van der Waals surface area contributed by atoms with Gasteiger partial charge in [-0.3, -0.25) is 0 Å². The van der Waals surface area contributed by atoms with Gasteiger partial charge in [0.2, 0.25) is 0 Å². The molecule has 1 aromatic rings. The lowest BCUT2D eigenvalue weighted by Gasteiger charge is -2.27. The summed E-state index contributed by atoms with van der Waals surface area (Å²) in [6, 6.07) is 11.0. The van der Waals surface area contributed by atoms with E-state index in [9.17, 15) is 0 Å². The van der Waals surface area contributed by atoms with E-state index in [4.69, 9.17) is 4.74 Å². The number of hydrogen-bond donors (Lipinski definition) is 1. The van der Waals surface area contributed by atoms with Crippen LogP contribution in [0, 0.1) is 0 Å². The van der Waals surface area contributed by atoms with Crippen molar-refractivity contribution in [3.8, 4) is 0 Å². The van der Waals surface area contributed by atoms with Gasteiger partial charge in [-0.25, -0.2) is 0 Å². The smallest absolute Gasteiger partial charge is 0.0637 e. The number of anilines is 1. The summed E-state index contributed by atoms with van der Waals surface area (Å²) in [6.45, 7) is 8.60. The first-order chi connectivity index (χ1) is 9.44. The molecule has 0 aromatic heterocycles. The predicted molar refractivity (Wildman–Crippen MR) is 87.5 cm³/mol. The summed E-state index contributed by atoms with van der Waals surface area (Å²) >= 11 is 0. The second kappa shape index (κ2) is 8.28. The lowest BCUT2D eigenvalue weighted by atomic mass is 10.00. The average molecular weight is 278 g/mol. The van der Waals surface area contributed by atoms with Crippen LogP contribution >= 0.6 is 0 Å². The SMILES string of the molecule is COC(C)(C)CC(C)NCCCN(C)c1ccccc1. The molecule has 1 rings (SSSR count). The predicted octanol–water partition coefficient (Wildman–Crippen LogP) is 3.31. The summed E-state index contributed by atoms with van der Waals surface area (Å²) in [7, 11) is 3.92. The highest BCUT2D eigenvalue weighted by Crippen LogP contribution is 2.15. The highest BCUT2D eigenvalue weighted by molar-refractivity contribution is 5.44. The van der Waals surface area contributed by atoms with Gasteiger partial charge in [-0.1, -0.05) is 18.2 Å². The van der Waals surface area contributed by atoms with E-state index in [2.05, 4.69) is 68.4 Å². The van der Waals surface area contributed by atoms with E-state index < -0.39 is 0 Å². The highest BCUT2D eigenvalue weighted by atomic mass is 16.5. The average Bonchev–Trinajstić information content (AvgIpc) is 2.44. The minimum Gasteiger partial charge on any atom is -0.379 e. The van der Waals surface area contributed by atoms with Gasteiger partial charge in [-0.05, 0) is 52.3 Å². The molecule has 0 aliphatic rings. The fourth-order valence-corrected chi connectivity index (χ4v) is 2.37. The number of rotatable bonds is 9. The van der Waals surface area contributed by atoms with Crippen molar-refractivity contribution < 1.29 is 4.74 Å². The third kappa shape index (κ3) is 6.40. The molecule has 1 unspecified atom stereocenters. The summed E-state index contributed by atoms with van der Waals surface area (Å²) in [5, 5.41) is 3.57. The quantitative estimate of drug-likeness (QED) is 0.701. The lowest BCUT2D eigenvalue weighted by molar-refractivity contribution is 0.00862. The van der Waals surface area contributed by atoms with Gasteiger partial charge in [0.1, 0.15) is 0 Å². The molecule has 0 bridgehead atoms.